The lowest BCUT2D eigenvalue weighted by atomic mass is 9.76. The van der Waals surface area contributed by atoms with Crippen LogP contribution in [0.2, 0.25) is 5.02 Å². The van der Waals surface area contributed by atoms with Crippen LogP contribution in [0.3, 0.4) is 0 Å². The number of nitrogens with zero attached hydrogens (tertiary/aromatic N) is 1. The Balaban J connectivity index is 1.61. The number of anilines is 1. The number of carbonyl (C=O) groups is 3. The van der Waals surface area contributed by atoms with Gasteiger partial charge in [0.05, 0.1) is 18.4 Å². The number of amides is 3. The van der Waals surface area contributed by atoms with E-state index in [2.05, 4.69) is 10.6 Å². The fourth-order valence-corrected chi connectivity index (χ4v) is 5.44. The average molecular weight is 442 g/mol. The van der Waals surface area contributed by atoms with Crippen LogP contribution in [0, 0.1) is 23.6 Å². The minimum atomic E-state index is -1.36. The van der Waals surface area contributed by atoms with Gasteiger partial charge >= 0.3 is 0 Å². The van der Waals surface area contributed by atoms with Crippen LogP contribution in [0.1, 0.15) is 25.0 Å². The summed E-state index contributed by atoms with van der Waals surface area (Å²) in [4.78, 5) is 41.6. The third kappa shape index (κ3) is 2.76. The van der Waals surface area contributed by atoms with Gasteiger partial charge in [0.1, 0.15) is 11.4 Å². The first-order chi connectivity index (χ1) is 14.7. The molecule has 0 radical (unpaired) electrons. The normalized spacial score (nSPS) is 29.1. The fraction of sp³-hybridized carbons (Fsp3) is 0.348. The lowest BCUT2D eigenvalue weighted by Crippen LogP contribution is -2.53. The molecule has 0 unspecified atom stereocenters. The van der Waals surface area contributed by atoms with Crippen LogP contribution in [0.5, 0.6) is 0 Å². The third-order valence-electron chi connectivity index (χ3n) is 6.68. The molecule has 3 heterocycles. The van der Waals surface area contributed by atoms with Crippen LogP contribution in [-0.2, 0) is 26.5 Å². The topological polar surface area (TPSA) is 78.5 Å². The van der Waals surface area contributed by atoms with Gasteiger partial charge in [0, 0.05) is 22.3 Å². The van der Waals surface area contributed by atoms with E-state index in [1.54, 1.807) is 30.3 Å². The second kappa shape index (κ2) is 6.87. The van der Waals surface area contributed by atoms with E-state index in [0.29, 0.717) is 21.8 Å². The van der Waals surface area contributed by atoms with Crippen LogP contribution in [0.4, 0.5) is 10.1 Å². The maximum absolute atomic E-state index is 13.6. The third-order valence-corrected chi connectivity index (χ3v) is 6.91. The molecule has 6 nitrogen and oxygen atoms in total. The van der Waals surface area contributed by atoms with Crippen molar-refractivity contribution in [2.24, 2.45) is 17.8 Å². The lowest BCUT2D eigenvalue weighted by Gasteiger charge is -2.30. The second-order valence-corrected chi connectivity index (χ2v) is 9.20. The molecule has 3 aliphatic heterocycles. The highest BCUT2D eigenvalue weighted by Gasteiger charge is 2.70. The number of carbonyl (C=O) groups excluding carboxylic acids is 3. The molecular weight excluding hydrogens is 421 g/mol. The number of nitrogens with one attached hydrogen (secondary N) is 2. The summed E-state index contributed by atoms with van der Waals surface area (Å²) in [7, 11) is 0. The number of likely N-dealkylation sites (tertiary alicyclic amines) is 1. The van der Waals surface area contributed by atoms with Gasteiger partial charge in [0.15, 0.2) is 0 Å². The van der Waals surface area contributed by atoms with Crippen molar-refractivity contribution in [2.75, 3.05) is 5.32 Å². The van der Waals surface area contributed by atoms with E-state index in [4.69, 9.17) is 11.6 Å². The predicted molar refractivity (Wildman–Crippen MR) is 112 cm³/mol. The average Bonchev–Trinajstić information content (AvgIpc) is 3.31. The number of imide groups is 1. The molecule has 31 heavy (non-hydrogen) atoms. The number of halogens is 2. The van der Waals surface area contributed by atoms with Crippen LogP contribution in [0.25, 0.3) is 0 Å². The molecule has 2 fully saturated rings. The van der Waals surface area contributed by atoms with Gasteiger partial charge in [-0.25, -0.2) is 4.39 Å². The van der Waals surface area contributed by atoms with Crippen molar-refractivity contribution in [1.29, 1.82) is 0 Å². The summed E-state index contributed by atoms with van der Waals surface area (Å²) < 4.78 is 13.3. The zero-order chi connectivity index (χ0) is 22.1. The van der Waals surface area contributed by atoms with Gasteiger partial charge in [-0.2, -0.15) is 0 Å². The van der Waals surface area contributed by atoms with Crippen molar-refractivity contribution >= 4 is 35.0 Å². The van der Waals surface area contributed by atoms with Gasteiger partial charge in [-0.1, -0.05) is 37.6 Å². The van der Waals surface area contributed by atoms with E-state index in [0.717, 1.165) is 0 Å². The Labute approximate surface area is 183 Å². The molecule has 2 saturated heterocycles. The highest BCUT2D eigenvalue weighted by atomic mass is 35.5. The first-order valence-corrected chi connectivity index (χ1v) is 10.6. The van der Waals surface area contributed by atoms with Crippen molar-refractivity contribution < 1.29 is 18.8 Å². The molecule has 8 heteroatoms. The van der Waals surface area contributed by atoms with Crippen LogP contribution in [-0.4, -0.2) is 28.7 Å². The van der Waals surface area contributed by atoms with Gasteiger partial charge in [-0.05, 0) is 41.8 Å². The SMILES string of the molecule is CC(C)[C@H]1N[C@]2(C(=O)Nc3ccc(Cl)cc32)[C@H]2C(=O)N(Cc3ccc(F)cc3)C(=O)[C@H]12. The van der Waals surface area contributed by atoms with Gasteiger partial charge in [-0.15, -0.1) is 0 Å². The highest BCUT2D eigenvalue weighted by Crippen LogP contribution is 2.54. The molecule has 3 aliphatic rings. The molecule has 2 aromatic rings. The van der Waals surface area contributed by atoms with Crippen LogP contribution in [0.15, 0.2) is 42.5 Å². The minimum absolute atomic E-state index is 0.00503. The zero-order valence-corrected chi connectivity index (χ0v) is 17.7. The molecule has 3 amide bonds. The van der Waals surface area contributed by atoms with E-state index >= 15 is 0 Å². The van der Waals surface area contributed by atoms with E-state index < -0.39 is 23.3 Å². The minimum Gasteiger partial charge on any atom is -0.324 e. The number of fused-ring (bicyclic) bond motifs is 4. The fourth-order valence-electron chi connectivity index (χ4n) is 5.27. The number of benzene rings is 2. The second-order valence-electron chi connectivity index (χ2n) is 8.76. The van der Waals surface area contributed by atoms with Crippen molar-refractivity contribution in [3.05, 3.63) is 64.4 Å². The molecule has 1 spiro atoms. The Bertz CT molecular complexity index is 1120. The van der Waals surface area contributed by atoms with E-state index in [1.807, 2.05) is 13.8 Å². The van der Waals surface area contributed by atoms with Crippen LogP contribution < -0.4 is 10.6 Å². The van der Waals surface area contributed by atoms with E-state index in [-0.39, 0.29) is 36.1 Å². The van der Waals surface area contributed by atoms with Gasteiger partial charge < -0.3 is 5.32 Å². The summed E-state index contributed by atoms with van der Waals surface area (Å²) in [6, 6.07) is 10.4. The largest absolute Gasteiger partial charge is 0.324 e. The summed E-state index contributed by atoms with van der Waals surface area (Å²) in [5, 5.41) is 6.66. The summed E-state index contributed by atoms with van der Waals surface area (Å²) in [6.45, 7) is 3.95. The van der Waals surface area contributed by atoms with E-state index in [9.17, 15) is 18.8 Å². The molecule has 0 aliphatic carbocycles. The maximum Gasteiger partial charge on any atom is 0.250 e. The molecule has 0 aromatic heterocycles. The summed E-state index contributed by atoms with van der Waals surface area (Å²) in [5.74, 6) is -3.02. The first-order valence-electron chi connectivity index (χ1n) is 10.2. The summed E-state index contributed by atoms with van der Waals surface area (Å²) in [6.07, 6.45) is 0. The molecule has 5 rings (SSSR count). The van der Waals surface area contributed by atoms with Gasteiger partial charge in [0.25, 0.3) is 0 Å². The molecule has 2 aromatic carbocycles. The monoisotopic (exact) mass is 441 g/mol. The molecule has 0 saturated carbocycles. The molecule has 160 valence electrons. The summed E-state index contributed by atoms with van der Waals surface area (Å²) in [5.41, 5.74) is 0.463. The first kappa shape index (κ1) is 20.2. The highest BCUT2D eigenvalue weighted by molar-refractivity contribution is 6.31. The number of hydrogen-bond acceptors (Lipinski definition) is 4. The molecular formula is C23H21ClFN3O3. The van der Waals surface area contributed by atoms with Crippen molar-refractivity contribution in [3.8, 4) is 0 Å². The van der Waals surface area contributed by atoms with E-state index in [1.165, 1.54) is 17.0 Å². The van der Waals surface area contributed by atoms with Crippen molar-refractivity contribution in [3.63, 3.8) is 0 Å². The predicted octanol–water partition coefficient (Wildman–Crippen LogP) is 3.06. The Morgan fingerprint density at radius 1 is 1.10 bits per heavy atom. The van der Waals surface area contributed by atoms with Crippen molar-refractivity contribution in [1.82, 2.24) is 10.2 Å². The Hall–Kier alpha value is -2.77. The van der Waals surface area contributed by atoms with Crippen molar-refractivity contribution in [2.45, 2.75) is 32.0 Å². The quantitative estimate of drug-likeness (QED) is 0.717. The summed E-state index contributed by atoms with van der Waals surface area (Å²) >= 11 is 6.23. The maximum atomic E-state index is 13.6. The van der Waals surface area contributed by atoms with Gasteiger partial charge in [0.2, 0.25) is 17.7 Å². The Kier molecular flexibility index (Phi) is 4.46. The zero-order valence-electron chi connectivity index (χ0n) is 17.0. The van der Waals surface area contributed by atoms with Gasteiger partial charge in [-0.3, -0.25) is 24.6 Å². The molecule has 0 bridgehead atoms. The molecule has 2 N–H and O–H groups in total. The Morgan fingerprint density at radius 2 is 1.81 bits per heavy atom. The Morgan fingerprint density at radius 3 is 2.48 bits per heavy atom. The standard InChI is InChI=1S/C23H21ClFN3O3/c1-11(2)19-17-18(21(30)28(20(17)29)10-12-3-6-14(25)7-4-12)23(27-19)15-9-13(24)5-8-16(15)26-22(23)31/h3-9,11,17-19,27H,10H2,1-2H3,(H,26,31)/t17-,18+,19+,23-/m0/s1. The smallest absolute Gasteiger partial charge is 0.250 e. The van der Waals surface area contributed by atoms with Crippen LogP contribution >= 0.6 is 11.6 Å². The number of rotatable bonds is 3. The number of hydrogen-bond donors (Lipinski definition) is 2. The molecule has 4 atom stereocenters. The lowest BCUT2D eigenvalue weighted by molar-refractivity contribution is -0.143.